The Hall–Kier alpha value is -3.54. The van der Waals surface area contributed by atoms with Gasteiger partial charge in [-0.3, -0.25) is 9.59 Å². The third kappa shape index (κ3) is 7.06. The van der Waals surface area contributed by atoms with Crippen LogP contribution in [0.1, 0.15) is 49.7 Å². The fourth-order valence-electron chi connectivity index (χ4n) is 4.56. The molecule has 5 N–H and O–H groups in total. The summed E-state index contributed by atoms with van der Waals surface area (Å²) in [6.07, 6.45) is 2.46. The van der Waals surface area contributed by atoms with Crippen LogP contribution in [0.4, 0.5) is 0 Å². The van der Waals surface area contributed by atoms with Gasteiger partial charge in [0.15, 0.2) is 17.1 Å². The van der Waals surface area contributed by atoms with Crippen molar-refractivity contribution in [2.45, 2.75) is 56.2 Å². The second-order valence-corrected chi connectivity index (χ2v) is 9.57. The number of carbonyl (C=O) groups is 3. The molecular weight excluding hydrogens is 522 g/mol. The number of aliphatic carboxylic acids is 3. The third-order valence-corrected chi connectivity index (χ3v) is 6.78. The van der Waals surface area contributed by atoms with Gasteiger partial charge in [0.25, 0.3) is 0 Å². The molecule has 0 aromatic heterocycles. The number of carboxylic acids is 3. The zero-order valence-corrected chi connectivity index (χ0v) is 21.5. The van der Waals surface area contributed by atoms with Crippen molar-refractivity contribution in [3.63, 3.8) is 0 Å². The number of aliphatic hydroxyl groups is 1. The molecule has 0 radical (unpaired) electrons. The molecule has 0 bridgehead atoms. The second kappa shape index (κ2) is 12.3. The fraction of sp³-hybridized carbons (Fsp3) is 0.423. The van der Waals surface area contributed by atoms with Crippen molar-refractivity contribution >= 4 is 29.5 Å². The summed E-state index contributed by atoms with van der Waals surface area (Å²) in [6, 6.07) is 12.4. The first-order valence-corrected chi connectivity index (χ1v) is 12.2. The van der Waals surface area contributed by atoms with Crippen LogP contribution >= 0.6 is 11.6 Å². The summed E-state index contributed by atoms with van der Waals surface area (Å²) in [5, 5.41) is 38.2. The maximum atomic E-state index is 10.3. The van der Waals surface area contributed by atoms with E-state index in [-0.39, 0.29) is 12.3 Å². The van der Waals surface area contributed by atoms with Gasteiger partial charge in [0.05, 0.1) is 25.0 Å². The first-order valence-electron chi connectivity index (χ1n) is 11.8. The van der Waals surface area contributed by atoms with E-state index in [0.717, 1.165) is 36.4 Å². The first kappa shape index (κ1) is 29.0. The van der Waals surface area contributed by atoms with Gasteiger partial charge in [-0.2, -0.15) is 0 Å². The Morgan fingerprint density at radius 1 is 1.03 bits per heavy atom. The van der Waals surface area contributed by atoms with Gasteiger partial charge in [0.2, 0.25) is 6.79 Å². The Morgan fingerprint density at radius 3 is 2.16 bits per heavy atom. The van der Waals surface area contributed by atoms with E-state index in [1.807, 2.05) is 24.3 Å². The predicted molar refractivity (Wildman–Crippen MR) is 135 cm³/mol. The van der Waals surface area contributed by atoms with E-state index >= 15 is 0 Å². The number of methoxy groups -OCH3 is 1. The van der Waals surface area contributed by atoms with Gasteiger partial charge in [0, 0.05) is 12.1 Å². The van der Waals surface area contributed by atoms with Gasteiger partial charge in [-0.1, -0.05) is 36.6 Å². The fourth-order valence-corrected chi connectivity index (χ4v) is 4.85. The molecule has 38 heavy (non-hydrogen) atoms. The summed E-state index contributed by atoms with van der Waals surface area (Å²) < 4.78 is 16.2. The van der Waals surface area contributed by atoms with Crippen molar-refractivity contribution in [2.75, 3.05) is 13.9 Å². The molecule has 0 amide bonds. The van der Waals surface area contributed by atoms with Crippen molar-refractivity contribution < 1.29 is 49.0 Å². The number of hydrogen-bond donors (Lipinski definition) is 5. The van der Waals surface area contributed by atoms with Crippen molar-refractivity contribution in [3.8, 4) is 17.2 Å². The zero-order valence-electron chi connectivity index (χ0n) is 20.7. The maximum Gasteiger partial charge on any atom is 0.336 e. The van der Waals surface area contributed by atoms with E-state index in [2.05, 4.69) is 17.4 Å². The second-order valence-electron chi connectivity index (χ2n) is 9.16. The number of ether oxygens (including phenoxy) is 3. The van der Waals surface area contributed by atoms with Crippen molar-refractivity contribution in [3.05, 3.63) is 52.5 Å². The summed E-state index contributed by atoms with van der Waals surface area (Å²) >= 11 is 6.31. The Bertz CT molecular complexity index is 1150. The molecule has 1 heterocycles. The standard InChI is InChI=1S/C20H22ClNO3.C6H8O7/c1-23-16-6-4-15(5-7-16)20(8-2-3-9-20)22-12-14-10-17(21)19-18(11-14)24-13-25-19;7-3(8)1-6(13,5(11)12)2-4(9)10/h4-7,10-11,22H,2-3,8-9,12-13H2,1H3;13H,1-2H2,(H,7,8)(H,9,10)(H,11,12). The highest BCUT2D eigenvalue weighted by Gasteiger charge is 2.41. The number of carboxylic acid groups (broad SMARTS) is 3. The van der Waals surface area contributed by atoms with Gasteiger partial charge in [0.1, 0.15) is 5.75 Å². The van der Waals surface area contributed by atoms with Crippen LogP contribution in [0.15, 0.2) is 36.4 Å². The number of nitrogens with one attached hydrogen (secondary N) is 1. The van der Waals surface area contributed by atoms with E-state index in [0.29, 0.717) is 10.8 Å². The summed E-state index contributed by atoms with van der Waals surface area (Å²) in [6.45, 7) is 0.976. The molecule has 2 aromatic carbocycles. The van der Waals surface area contributed by atoms with Crippen molar-refractivity contribution in [1.82, 2.24) is 5.32 Å². The minimum atomic E-state index is -2.74. The molecule has 4 rings (SSSR count). The molecular formula is C26H30ClNO10. The van der Waals surface area contributed by atoms with Crippen LogP contribution in [-0.2, 0) is 26.5 Å². The summed E-state index contributed by atoms with van der Waals surface area (Å²) in [5.74, 6) is -2.75. The summed E-state index contributed by atoms with van der Waals surface area (Å²) in [5.41, 5.74) is -0.307. The van der Waals surface area contributed by atoms with Crippen LogP contribution in [0.25, 0.3) is 0 Å². The Kier molecular flexibility index (Phi) is 9.42. The highest BCUT2D eigenvalue weighted by Crippen LogP contribution is 2.42. The normalized spacial score (nSPS) is 15.3. The van der Waals surface area contributed by atoms with Crippen LogP contribution in [0.3, 0.4) is 0 Å². The molecule has 12 heteroatoms. The van der Waals surface area contributed by atoms with E-state index in [9.17, 15) is 14.4 Å². The highest BCUT2D eigenvalue weighted by atomic mass is 35.5. The van der Waals surface area contributed by atoms with Crippen LogP contribution in [0.5, 0.6) is 17.2 Å². The smallest absolute Gasteiger partial charge is 0.336 e. The topological polar surface area (TPSA) is 172 Å². The van der Waals surface area contributed by atoms with Crippen LogP contribution in [-0.4, -0.2) is 57.8 Å². The monoisotopic (exact) mass is 551 g/mol. The minimum absolute atomic E-state index is 0.00905. The highest BCUT2D eigenvalue weighted by molar-refractivity contribution is 6.32. The van der Waals surface area contributed by atoms with Gasteiger partial charge in [-0.15, -0.1) is 0 Å². The Morgan fingerprint density at radius 2 is 1.63 bits per heavy atom. The van der Waals surface area contributed by atoms with Crippen LogP contribution in [0.2, 0.25) is 5.02 Å². The number of hydrogen-bond acceptors (Lipinski definition) is 8. The lowest BCUT2D eigenvalue weighted by Crippen LogP contribution is -2.42. The number of rotatable bonds is 10. The lowest BCUT2D eigenvalue weighted by molar-refractivity contribution is -0.170. The number of fused-ring (bicyclic) bond motifs is 1. The van der Waals surface area contributed by atoms with E-state index in [1.54, 1.807) is 7.11 Å². The molecule has 1 fully saturated rings. The van der Waals surface area contributed by atoms with E-state index in [1.165, 1.54) is 18.4 Å². The molecule has 11 nitrogen and oxygen atoms in total. The first-order chi connectivity index (χ1) is 18.0. The molecule has 1 saturated carbocycles. The molecule has 1 aliphatic carbocycles. The van der Waals surface area contributed by atoms with Crippen molar-refractivity contribution in [2.24, 2.45) is 0 Å². The van der Waals surface area contributed by atoms with Crippen molar-refractivity contribution in [1.29, 1.82) is 0 Å². The van der Waals surface area contributed by atoms with Crippen LogP contribution < -0.4 is 19.5 Å². The van der Waals surface area contributed by atoms with Gasteiger partial charge in [-0.25, -0.2) is 4.79 Å². The summed E-state index contributed by atoms with van der Waals surface area (Å²) in [4.78, 5) is 30.5. The molecule has 0 saturated heterocycles. The van der Waals surface area contributed by atoms with E-state index in [4.69, 9.17) is 46.2 Å². The Labute approximate surface area is 223 Å². The quantitative estimate of drug-likeness (QED) is 0.293. The third-order valence-electron chi connectivity index (χ3n) is 6.50. The lowest BCUT2D eigenvalue weighted by Gasteiger charge is -2.31. The Balaban J connectivity index is 0.000000263. The molecule has 1 aliphatic heterocycles. The average Bonchev–Trinajstić information content (AvgIpc) is 3.53. The lowest BCUT2D eigenvalue weighted by atomic mass is 9.88. The minimum Gasteiger partial charge on any atom is -0.497 e. The zero-order chi connectivity index (χ0) is 27.9. The predicted octanol–water partition coefficient (Wildman–Crippen LogP) is 3.39. The largest absolute Gasteiger partial charge is 0.497 e. The molecule has 0 spiro atoms. The van der Waals surface area contributed by atoms with Gasteiger partial charge < -0.3 is 40.0 Å². The molecule has 0 atom stereocenters. The molecule has 0 unspecified atom stereocenters. The molecule has 2 aromatic rings. The SMILES string of the molecule is COc1ccc(C2(NCc3cc(Cl)c4c(c3)OCO4)CCCC2)cc1.O=C(O)CC(O)(CC(=O)O)C(=O)O. The van der Waals surface area contributed by atoms with Gasteiger partial charge >= 0.3 is 17.9 Å². The van der Waals surface area contributed by atoms with E-state index < -0.39 is 36.4 Å². The molecule has 206 valence electrons. The summed E-state index contributed by atoms with van der Waals surface area (Å²) in [7, 11) is 1.70. The maximum absolute atomic E-state index is 10.3. The molecule has 2 aliphatic rings. The average molecular weight is 552 g/mol. The van der Waals surface area contributed by atoms with Gasteiger partial charge in [-0.05, 0) is 48.2 Å². The van der Waals surface area contributed by atoms with Crippen LogP contribution in [0, 0.1) is 0 Å². The number of halogens is 1. The number of benzene rings is 2.